The molecule has 0 spiro atoms. The van der Waals surface area contributed by atoms with Crippen LogP contribution in [0, 0.1) is 0 Å². The van der Waals surface area contributed by atoms with E-state index in [9.17, 15) is 5.11 Å². The van der Waals surface area contributed by atoms with Crippen molar-refractivity contribution in [3.05, 3.63) is 48.3 Å². The SMILES string of the molecule is CC(C)(C)c1ccc(NCC(O)Cn2cccn2)cc1. The highest BCUT2D eigenvalue weighted by Gasteiger charge is 2.13. The number of nitrogens with zero attached hydrogens (tertiary/aromatic N) is 2. The molecule has 2 aromatic rings. The van der Waals surface area contributed by atoms with Gasteiger partial charge in [0.2, 0.25) is 0 Å². The minimum Gasteiger partial charge on any atom is -0.389 e. The Kier molecular flexibility index (Phi) is 4.45. The fraction of sp³-hybridized carbons (Fsp3) is 0.438. The van der Waals surface area contributed by atoms with E-state index < -0.39 is 6.10 Å². The predicted octanol–water partition coefficient (Wildman–Crippen LogP) is 2.65. The molecule has 0 bridgehead atoms. The average molecular weight is 273 g/mol. The lowest BCUT2D eigenvalue weighted by atomic mass is 9.87. The van der Waals surface area contributed by atoms with E-state index >= 15 is 0 Å². The fourth-order valence-corrected chi connectivity index (χ4v) is 2.01. The molecule has 1 atom stereocenters. The van der Waals surface area contributed by atoms with Crippen LogP contribution in [0.5, 0.6) is 0 Å². The van der Waals surface area contributed by atoms with Crippen molar-refractivity contribution in [2.75, 3.05) is 11.9 Å². The largest absolute Gasteiger partial charge is 0.389 e. The van der Waals surface area contributed by atoms with Gasteiger partial charge in [0.15, 0.2) is 0 Å². The molecular weight excluding hydrogens is 250 g/mol. The summed E-state index contributed by atoms with van der Waals surface area (Å²) in [4.78, 5) is 0. The summed E-state index contributed by atoms with van der Waals surface area (Å²) in [6, 6.07) is 10.2. The van der Waals surface area contributed by atoms with Crippen molar-refractivity contribution < 1.29 is 5.11 Å². The van der Waals surface area contributed by atoms with Crippen molar-refractivity contribution in [2.24, 2.45) is 0 Å². The molecule has 0 fully saturated rings. The molecule has 0 saturated carbocycles. The van der Waals surface area contributed by atoms with Crippen molar-refractivity contribution in [1.82, 2.24) is 9.78 Å². The molecular formula is C16H23N3O. The molecule has 0 amide bonds. The number of hydrogen-bond acceptors (Lipinski definition) is 3. The lowest BCUT2D eigenvalue weighted by Crippen LogP contribution is -2.25. The minimum atomic E-state index is -0.461. The summed E-state index contributed by atoms with van der Waals surface area (Å²) in [6.45, 7) is 7.60. The van der Waals surface area contributed by atoms with E-state index in [1.165, 1.54) is 5.56 Å². The molecule has 1 unspecified atom stereocenters. The average Bonchev–Trinajstić information content (AvgIpc) is 2.88. The van der Waals surface area contributed by atoms with Crippen molar-refractivity contribution in [1.29, 1.82) is 0 Å². The summed E-state index contributed by atoms with van der Waals surface area (Å²) in [5.41, 5.74) is 2.50. The number of aliphatic hydroxyl groups is 1. The molecule has 1 aromatic heterocycles. The number of aromatic nitrogens is 2. The number of rotatable bonds is 5. The van der Waals surface area contributed by atoms with E-state index in [0.29, 0.717) is 13.1 Å². The van der Waals surface area contributed by atoms with E-state index in [-0.39, 0.29) is 5.41 Å². The van der Waals surface area contributed by atoms with Crippen LogP contribution < -0.4 is 5.32 Å². The summed E-state index contributed by atoms with van der Waals surface area (Å²) in [6.07, 6.45) is 3.10. The van der Waals surface area contributed by atoms with Crippen LogP contribution in [0.4, 0.5) is 5.69 Å². The summed E-state index contributed by atoms with van der Waals surface area (Å²) in [7, 11) is 0. The molecule has 4 heteroatoms. The van der Waals surface area contributed by atoms with Crippen molar-refractivity contribution in [3.8, 4) is 0 Å². The van der Waals surface area contributed by atoms with Gasteiger partial charge in [-0.1, -0.05) is 32.9 Å². The van der Waals surface area contributed by atoms with Gasteiger partial charge >= 0.3 is 0 Å². The minimum absolute atomic E-state index is 0.165. The Morgan fingerprint density at radius 2 is 1.95 bits per heavy atom. The highest BCUT2D eigenvalue weighted by atomic mass is 16.3. The molecule has 0 radical (unpaired) electrons. The highest BCUT2D eigenvalue weighted by Crippen LogP contribution is 2.23. The zero-order chi connectivity index (χ0) is 14.6. The van der Waals surface area contributed by atoms with Crippen LogP contribution in [0.3, 0.4) is 0 Å². The van der Waals surface area contributed by atoms with Crippen LogP contribution in [-0.2, 0) is 12.0 Å². The zero-order valence-corrected chi connectivity index (χ0v) is 12.4. The van der Waals surface area contributed by atoms with Gasteiger partial charge in [0.1, 0.15) is 0 Å². The smallest absolute Gasteiger partial charge is 0.0907 e. The molecule has 108 valence electrons. The van der Waals surface area contributed by atoms with Crippen molar-refractivity contribution >= 4 is 5.69 Å². The van der Waals surface area contributed by atoms with Gasteiger partial charge in [-0.15, -0.1) is 0 Å². The Bertz CT molecular complexity index is 512. The molecule has 1 aromatic carbocycles. The number of benzene rings is 1. The maximum Gasteiger partial charge on any atom is 0.0907 e. The third kappa shape index (κ3) is 4.10. The van der Waals surface area contributed by atoms with Gasteiger partial charge in [-0.3, -0.25) is 4.68 Å². The topological polar surface area (TPSA) is 50.1 Å². The molecule has 20 heavy (non-hydrogen) atoms. The van der Waals surface area contributed by atoms with Crippen LogP contribution in [-0.4, -0.2) is 27.5 Å². The van der Waals surface area contributed by atoms with Gasteiger partial charge in [-0.2, -0.15) is 5.10 Å². The second-order valence-corrected chi connectivity index (χ2v) is 6.09. The van der Waals surface area contributed by atoms with Crippen molar-refractivity contribution in [2.45, 2.75) is 38.8 Å². The summed E-state index contributed by atoms with van der Waals surface area (Å²) in [5, 5.41) is 17.3. The Morgan fingerprint density at radius 3 is 2.50 bits per heavy atom. The quantitative estimate of drug-likeness (QED) is 0.880. The second kappa shape index (κ2) is 6.09. The highest BCUT2D eigenvalue weighted by molar-refractivity contribution is 5.45. The van der Waals surface area contributed by atoms with Crippen LogP contribution in [0.1, 0.15) is 26.3 Å². The van der Waals surface area contributed by atoms with Crippen LogP contribution in [0.25, 0.3) is 0 Å². The zero-order valence-electron chi connectivity index (χ0n) is 12.4. The number of anilines is 1. The molecule has 2 N–H and O–H groups in total. The summed E-state index contributed by atoms with van der Waals surface area (Å²) in [5.74, 6) is 0. The molecule has 0 aliphatic heterocycles. The molecule has 0 aliphatic rings. The third-order valence-corrected chi connectivity index (χ3v) is 3.25. The Hall–Kier alpha value is -1.81. The summed E-state index contributed by atoms with van der Waals surface area (Å²) < 4.78 is 1.73. The van der Waals surface area contributed by atoms with E-state index in [2.05, 4.69) is 55.5 Å². The number of hydrogen-bond donors (Lipinski definition) is 2. The molecule has 1 heterocycles. The molecule has 4 nitrogen and oxygen atoms in total. The van der Waals surface area contributed by atoms with Crippen LogP contribution in [0.2, 0.25) is 0 Å². The van der Waals surface area contributed by atoms with E-state index in [0.717, 1.165) is 5.69 Å². The first kappa shape index (κ1) is 14.6. The van der Waals surface area contributed by atoms with E-state index in [4.69, 9.17) is 0 Å². The lowest BCUT2D eigenvalue weighted by Gasteiger charge is -2.19. The first-order valence-corrected chi connectivity index (χ1v) is 6.95. The number of nitrogens with one attached hydrogen (secondary N) is 1. The fourth-order valence-electron chi connectivity index (χ4n) is 2.01. The summed E-state index contributed by atoms with van der Waals surface area (Å²) >= 11 is 0. The van der Waals surface area contributed by atoms with Gasteiger partial charge in [0.25, 0.3) is 0 Å². The van der Waals surface area contributed by atoms with Crippen LogP contribution >= 0.6 is 0 Å². The standard InChI is InChI=1S/C16H23N3O/c1-16(2,3)13-5-7-14(8-6-13)17-11-15(20)12-19-10-4-9-18-19/h4-10,15,17,20H,11-12H2,1-3H3. The third-order valence-electron chi connectivity index (χ3n) is 3.25. The Balaban J connectivity index is 1.84. The predicted molar refractivity (Wildman–Crippen MR) is 81.9 cm³/mol. The molecule has 2 rings (SSSR count). The Labute approximate surface area is 120 Å². The van der Waals surface area contributed by atoms with Gasteiger partial charge in [0, 0.05) is 24.6 Å². The normalized spacial score (nSPS) is 13.2. The lowest BCUT2D eigenvalue weighted by molar-refractivity contribution is 0.161. The maximum absolute atomic E-state index is 9.94. The van der Waals surface area contributed by atoms with Crippen molar-refractivity contribution in [3.63, 3.8) is 0 Å². The van der Waals surface area contributed by atoms with E-state index in [1.54, 1.807) is 10.9 Å². The monoisotopic (exact) mass is 273 g/mol. The van der Waals surface area contributed by atoms with Crippen LogP contribution in [0.15, 0.2) is 42.7 Å². The van der Waals surface area contributed by atoms with Gasteiger partial charge in [-0.25, -0.2) is 0 Å². The van der Waals surface area contributed by atoms with Gasteiger partial charge < -0.3 is 10.4 Å². The van der Waals surface area contributed by atoms with E-state index in [1.807, 2.05) is 12.3 Å². The molecule has 0 saturated heterocycles. The van der Waals surface area contributed by atoms with Gasteiger partial charge in [-0.05, 0) is 29.2 Å². The number of aliphatic hydroxyl groups excluding tert-OH is 1. The first-order chi connectivity index (χ1) is 9.45. The first-order valence-electron chi connectivity index (χ1n) is 6.95. The second-order valence-electron chi connectivity index (χ2n) is 6.09. The molecule has 0 aliphatic carbocycles. The maximum atomic E-state index is 9.94. The van der Waals surface area contributed by atoms with Gasteiger partial charge in [0.05, 0.1) is 12.6 Å². The Morgan fingerprint density at radius 1 is 1.25 bits per heavy atom.